The molecule has 0 aliphatic carbocycles. The first-order valence-electron chi connectivity index (χ1n) is 8.32. The van der Waals surface area contributed by atoms with Gasteiger partial charge in [0, 0.05) is 10.9 Å². The van der Waals surface area contributed by atoms with Gasteiger partial charge in [-0.25, -0.2) is 5.10 Å². The number of carbonyl (C=O) groups excluding carboxylic acids is 2. The Bertz CT molecular complexity index is 1230. The summed E-state index contributed by atoms with van der Waals surface area (Å²) in [6.07, 6.45) is 0. The van der Waals surface area contributed by atoms with E-state index in [0.29, 0.717) is 16.5 Å². The second-order valence-corrected chi connectivity index (χ2v) is 5.89. The molecule has 4 N–H and O–H groups in total. The molecule has 0 atom stereocenters. The van der Waals surface area contributed by atoms with Crippen molar-refractivity contribution in [2.45, 2.75) is 0 Å². The number of aromatic amines is 2. The lowest BCUT2D eigenvalue weighted by molar-refractivity contribution is 0.0841. The molecule has 9 heteroatoms. The smallest absolute Gasteiger partial charge is 0.272 e. The van der Waals surface area contributed by atoms with Crippen LogP contribution in [0.2, 0.25) is 0 Å². The van der Waals surface area contributed by atoms with Crippen LogP contribution in [-0.2, 0) is 0 Å². The monoisotopic (exact) mass is 374 g/mol. The van der Waals surface area contributed by atoms with Crippen LogP contribution in [-0.4, -0.2) is 32.2 Å². The second-order valence-electron chi connectivity index (χ2n) is 5.89. The van der Waals surface area contributed by atoms with Gasteiger partial charge >= 0.3 is 0 Å². The Balaban J connectivity index is 1.49. The molecule has 0 unspecified atom stereocenters. The minimum Gasteiger partial charge on any atom is -0.272 e. The molecule has 0 saturated heterocycles. The van der Waals surface area contributed by atoms with E-state index < -0.39 is 17.4 Å². The molecule has 0 aliphatic rings. The summed E-state index contributed by atoms with van der Waals surface area (Å²) in [7, 11) is 0. The number of hydrogen-bond donors (Lipinski definition) is 4. The largest absolute Gasteiger partial charge is 0.290 e. The van der Waals surface area contributed by atoms with E-state index in [1.807, 2.05) is 30.3 Å². The summed E-state index contributed by atoms with van der Waals surface area (Å²) in [6.45, 7) is 0. The van der Waals surface area contributed by atoms with Gasteiger partial charge in [-0.3, -0.25) is 30.3 Å². The van der Waals surface area contributed by atoms with Crippen LogP contribution in [0.1, 0.15) is 21.0 Å². The summed E-state index contributed by atoms with van der Waals surface area (Å²) < 4.78 is 0. The molecule has 0 bridgehead atoms. The van der Waals surface area contributed by atoms with Crippen molar-refractivity contribution in [3.8, 4) is 11.3 Å². The molecule has 9 nitrogen and oxygen atoms in total. The number of hydrazine groups is 1. The average Bonchev–Trinajstić information content (AvgIpc) is 3.23. The van der Waals surface area contributed by atoms with Gasteiger partial charge in [-0.2, -0.15) is 10.2 Å². The van der Waals surface area contributed by atoms with Crippen molar-refractivity contribution in [1.82, 2.24) is 31.2 Å². The number of H-pyrrole nitrogens is 2. The third-order valence-electron chi connectivity index (χ3n) is 4.09. The summed E-state index contributed by atoms with van der Waals surface area (Å²) in [4.78, 5) is 36.5. The Hall–Kier alpha value is -4.27. The minimum atomic E-state index is -0.663. The summed E-state index contributed by atoms with van der Waals surface area (Å²) >= 11 is 0. The van der Waals surface area contributed by atoms with Gasteiger partial charge in [-0.1, -0.05) is 48.5 Å². The SMILES string of the molecule is O=C(NNC(=O)c1n[nH]c(=O)c2ccccc12)c1cc(-c2ccccc2)n[nH]1. The number of fused-ring (bicyclic) bond motifs is 1. The maximum absolute atomic E-state index is 12.4. The van der Waals surface area contributed by atoms with Crippen molar-refractivity contribution in [3.05, 3.63) is 82.4 Å². The van der Waals surface area contributed by atoms with Crippen molar-refractivity contribution in [1.29, 1.82) is 0 Å². The highest BCUT2D eigenvalue weighted by Crippen LogP contribution is 2.16. The lowest BCUT2D eigenvalue weighted by Crippen LogP contribution is -2.42. The molecule has 0 radical (unpaired) electrons. The Morgan fingerprint density at radius 2 is 1.46 bits per heavy atom. The van der Waals surface area contributed by atoms with E-state index in [2.05, 4.69) is 31.2 Å². The summed E-state index contributed by atoms with van der Waals surface area (Å²) in [6, 6.07) is 17.5. The molecular weight excluding hydrogens is 360 g/mol. The fourth-order valence-electron chi connectivity index (χ4n) is 2.72. The number of carbonyl (C=O) groups is 2. The maximum atomic E-state index is 12.4. The average molecular weight is 374 g/mol. The third-order valence-corrected chi connectivity index (χ3v) is 4.09. The Labute approximate surface area is 157 Å². The first-order valence-corrected chi connectivity index (χ1v) is 8.32. The van der Waals surface area contributed by atoms with Crippen molar-refractivity contribution in [2.24, 2.45) is 0 Å². The van der Waals surface area contributed by atoms with E-state index in [9.17, 15) is 14.4 Å². The van der Waals surface area contributed by atoms with Crippen molar-refractivity contribution >= 4 is 22.6 Å². The fraction of sp³-hybridized carbons (Fsp3) is 0. The molecule has 2 aromatic carbocycles. The highest BCUT2D eigenvalue weighted by atomic mass is 16.2. The van der Waals surface area contributed by atoms with Gasteiger partial charge in [0.25, 0.3) is 17.4 Å². The number of hydrogen-bond acceptors (Lipinski definition) is 5. The first kappa shape index (κ1) is 17.2. The Morgan fingerprint density at radius 1 is 0.786 bits per heavy atom. The topological polar surface area (TPSA) is 133 Å². The van der Waals surface area contributed by atoms with Gasteiger partial charge in [0.1, 0.15) is 5.69 Å². The van der Waals surface area contributed by atoms with Crippen LogP contribution >= 0.6 is 0 Å². The lowest BCUT2D eigenvalue weighted by atomic mass is 10.1. The summed E-state index contributed by atoms with van der Waals surface area (Å²) in [5.41, 5.74) is 5.81. The molecule has 0 saturated carbocycles. The van der Waals surface area contributed by atoms with E-state index in [4.69, 9.17) is 0 Å². The van der Waals surface area contributed by atoms with E-state index in [0.717, 1.165) is 5.56 Å². The quantitative estimate of drug-likeness (QED) is 0.402. The van der Waals surface area contributed by atoms with E-state index in [1.54, 1.807) is 30.3 Å². The highest BCUT2D eigenvalue weighted by molar-refractivity contribution is 6.05. The number of nitrogens with one attached hydrogen (secondary N) is 4. The second kappa shape index (κ2) is 7.16. The number of benzene rings is 2. The molecule has 4 rings (SSSR count). The normalized spacial score (nSPS) is 10.6. The van der Waals surface area contributed by atoms with Crippen LogP contribution in [0.15, 0.2) is 65.5 Å². The maximum Gasteiger partial charge on any atom is 0.290 e. The summed E-state index contributed by atoms with van der Waals surface area (Å²) in [5, 5.41) is 13.5. The van der Waals surface area contributed by atoms with E-state index >= 15 is 0 Å². The molecule has 0 aliphatic heterocycles. The van der Waals surface area contributed by atoms with Crippen molar-refractivity contribution < 1.29 is 9.59 Å². The molecule has 0 spiro atoms. The van der Waals surface area contributed by atoms with Gasteiger partial charge in [-0.05, 0) is 12.1 Å². The fourth-order valence-corrected chi connectivity index (χ4v) is 2.72. The molecule has 138 valence electrons. The van der Waals surface area contributed by atoms with Crippen molar-refractivity contribution in [2.75, 3.05) is 0 Å². The van der Waals surface area contributed by atoms with Crippen LogP contribution in [0.5, 0.6) is 0 Å². The van der Waals surface area contributed by atoms with Gasteiger partial charge < -0.3 is 0 Å². The number of rotatable bonds is 3. The zero-order valence-electron chi connectivity index (χ0n) is 14.4. The summed E-state index contributed by atoms with van der Waals surface area (Å²) in [5.74, 6) is -1.24. The molecule has 2 aromatic heterocycles. The molecule has 2 heterocycles. The molecular formula is C19H14N6O3. The number of nitrogens with zero attached hydrogens (tertiary/aromatic N) is 2. The van der Waals surface area contributed by atoms with Crippen LogP contribution < -0.4 is 16.4 Å². The van der Waals surface area contributed by atoms with Crippen LogP contribution in [0.3, 0.4) is 0 Å². The van der Waals surface area contributed by atoms with E-state index in [1.165, 1.54) is 0 Å². The molecule has 4 aromatic rings. The number of amides is 2. The first-order chi connectivity index (χ1) is 13.6. The predicted octanol–water partition coefficient (Wildman–Crippen LogP) is 1.39. The van der Waals surface area contributed by atoms with Gasteiger partial charge in [0.15, 0.2) is 5.69 Å². The standard InChI is InChI=1S/C19H14N6O3/c26-17-13-9-5-4-8-12(13)16(22-23-17)19(28)25-24-18(27)15-10-14(20-21-15)11-6-2-1-3-7-11/h1-10H,(H,20,21)(H,23,26)(H,24,27)(H,25,28). The zero-order chi connectivity index (χ0) is 19.5. The molecule has 28 heavy (non-hydrogen) atoms. The third kappa shape index (κ3) is 3.23. The van der Waals surface area contributed by atoms with Crippen LogP contribution in [0.25, 0.3) is 22.0 Å². The minimum absolute atomic E-state index is 0.00918. The van der Waals surface area contributed by atoms with E-state index in [-0.39, 0.29) is 11.4 Å². The van der Waals surface area contributed by atoms with Gasteiger partial charge in [-0.15, -0.1) is 0 Å². The Morgan fingerprint density at radius 3 is 2.25 bits per heavy atom. The van der Waals surface area contributed by atoms with Crippen LogP contribution in [0, 0.1) is 0 Å². The van der Waals surface area contributed by atoms with Crippen molar-refractivity contribution in [3.63, 3.8) is 0 Å². The zero-order valence-corrected chi connectivity index (χ0v) is 14.4. The van der Waals surface area contributed by atoms with Crippen LogP contribution in [0.4, 0.5) is 0 Å². The molecule has 2 amide bonds. The van der Waals surface area contributed by atoms with Gasteiger partial charge in [0.05, 0.1) is 11.1 Å². The lowest BCUT2D eigenvalue weighted by Gasteiger charge is -2.07. The highest BCUT2D eigenvalue weighted by Gasteiger charge is 2.16. The predicted molar refractivity (Wildman–Crippen MR) is 101 cm³/mol. The number of aromatic nitrogens is 4. The molecule has 0 fully saturated rings. The van der Waals surface area contributed by atoms with Gasteiger partial charge in [0.2, 0.25) is 0 Å². The Kier molecular flexibility index (Phi) is 4.38.